The number of furan rings is 1. The number of non-ortho nitro benzene ring substituents is 1. The Morgan fingerprint density at radius 1 is 0.900 bits per heavy atom. The lowest BCUT2D eigenvalue weighted by atomic mass is 10.2. The predicted octanol–water partition coefficient (Wildman–Crippen LogP) is 4.32. The van der Waals surface area contributed by atoms with Crippen LogP contribution in [0.3, 0.4) is 0 Å². The largest absolute Gasteiger partial charge is 0.458 e. The van der Waals surface area contributed by atoms with E-state index in [2.05, 4.69) is 4.98 Å². The van der Waals surface area contributed by atoms with E-state index in [9.17, 15) is 30.3 Å². The van der Waals surface area contributed by atoms with Gasteiger partial charge in [-0.15, -0.1) is 0 Å². The summed E-state index contributed by atoms with van der Waals surface area (Å²) >= 11 is 0. The van der Waals surface area contributed by atoms with Crippen LogP contribution in [-0.2, 0) is 0 Å². The molecule has 2 heterocycles. The number of nitro benzene ring substituents is 3. The van der Waals surface area contributed by atoms with Gasteiger partial charge in [0.1, 0.15) is 5.76 Å². The highest BCUT2D eigenvalue weighted by Crippen LogP contribution is 2.41. The zero-order valence-corrected chi connectivity index (χ0v) is 15.2. The predicted molar refractivity (Wildman–Crippen MR) is 103 cm³/mol. The molecule has 0 N–H and O–H groups in total. The Morgan fingerprint density at radius 3 is 2.07 bits per heavy atom. The molecule has 0 fully saturated rings. The SMILES string of the molecule is Cc1ccc(-c2nc3ccccc3n2-c2c([N+](=O)[O-])cc([N+](=O)[O-])cc2[N+](=O)[O-])o1. The molecule has 4 aromatic rings. The minimum atomic E-state index is -0.924. The lowest BCUT2D eigenvalue weighted by Crippen LogP contribution is -2.07. The van der Waals surface area contributed by atoms with Crippen LogP contribution in [0.5, 0.6) is 0 Å². The number of hydrogen-bond acceptors (Lipinski definition) is 8. The first kappa shape index (κ1) is 18.7. The van der Waals surface area contributed by atoms with Gasteiger partial charge in [0.05, 0.1) is 37.9 Å². The van der Waals surface area contributed by atoms with Crippen LogP contribution in [0.2, 0.25) is 0 Å². The van der Waals surface area contributed by atoms with Crippen molar-refractivity contribution in [1.82, 2.24) is 9.55 Å². The fraction of sp³-hybridized carbons (Fsp3) is 0.0556. The van der Waals surface area contributed by atoms with Gasteiger partial charge < -0.3 is 4.42 Å². The molecule has 0 bridgehead atoms. The minimum absolute atomic E-state index is 0.0874. The Labute approximate surface area is 166 Å². The molecule has 0 saturated carbocycles. The summed E-state index contributed by atoms with van der Waals surface area (Å²) in [6.45, 7) is 1.69. The van der Waals surface area contributed by atoms with E-state index >= 15 is 0 Å². The molecule has 0 aliphatic rings. The molecule has 0 aliphatic carbocycles. The molecule has 30 heavy (non-hydrogen) atoms. The van der Waals surface area contributed by atoms with Crippen molar-refractivity contribution in [2.24, 2.45) is 0 Å². The van der Waals surface area contributed by atoms with Gasteiger partial charge in [0.2, 0.25) is 5.69 Å². The number of benzene rings is 2. The second kappa shape index (κ2) is 6.77. The maximum atomic E-state index is 11.8. The van der Waals surface area contributed by atoms with E-state index in [4.69, 9.17) is 4.42 Å². The van der Waals surface area contributed by atoms with E-state index in [0.29, 0.717) is 28.9 Å². The molecule has 0 amide bonds. The first-order chi connectivity index (χ1) is 14.3. The van der Waals surface area contributed by atoms with E-state index in [1.165, 1.54) is 4.57 Å². The second-order valence-corrected chi connectivity index (χ2v) is 6.27. The van der Waals surface area contributed by atoms with Gasteiger partial charge in [-0.1, -0.05) is 12.1 Å². The first-order valence-corrected chi connectivity index (χ1v) is 8.44. The number of fused-ring (bicyclic) bond motifs is 1. The summed E-state index contributed by atoms with van der Waals surface area (Å²) in [7, 11) is 0. The Kier molecular flexibility index (Phi) is 4.23. The van der Waals surface area contributed by atoms with E-state index in [1.54, 1.807) is 43.3 Å². The molecular formula is C18H11N5O7. The maximum Gasteiger partial charge on any atom is 0.307 e. The third-order valence-electron chi connectivity index (χ3n) is 4.40. The average molecular weight is 409 g/mol. The summed E-state index contributed by atoms with van der Waals surface area (Å²) in [5.74, 6) is 0.853. The van der Waals surface area contributed by atoms with Crippen molar-refractivity contribution in [1.29, 1.82) is 0 Å². The quantitative estimate of drug-likeness (QED) is 0.348. The van der Waals surface area contributed by atoms with Crippen molar-refractivity contribution < 1.29 is 19.2 Å². The van der Waals surface area contributed by atoms with Crippen LogP contribution < -0.4 is 0 Å². The third kappa shape index (κ3) is 2.92. The van der Waals surface area contributed by atoms with Crippen LogP contribution in [0.1, 0.15) is 5.76 Å². The third-order valence-corrected chi connectivity index (χ3v) is 4.40. The van der Waals surface area contributed by atoms with Gasteiger partial charge in [-0.25, -0.2) is 4.98 Å². The average Bonchev–Trinajstić information content (AvgIpc) is 3.29. The summed E-state index contributed by atoms with van der Waals surface area (Å²) in [6, 6.07) is 11.2. The first-order valence-electron chi connectivity index (χ1n) is 8.44. The zero-order chi connectivity index (χ0) is 21.6. The van der Waals surface area contributed by atoms with Crippen LogP contribution >= 0.6 is 0 Å². The van der Waals surface area contributed by atoms with E-state index in [0.717, 1.165) is 0 Å². The maximum absolute atomic E-state index is 11.8. The lowest BCUT2D eigenvalue weighted by molar-refractivity contribution is -0.402. The normalized spacial score (nSPS) is 11.0. The van der Waals surface area contributed by atoms with Crippen LogP contribution in [0.15, 0.2) is 52.9 Å². The van der Waals surface area contributed by atoms with Gasteiger partial charge in [0.25, 0.3) is 5.69 Å². The smallest absolute Gasteiger partial charge is 0.307 e. The summed E-state index contributed by atoms with van der Waals surface area (Å²) in [6.07, 6.45) is 0. The van der Waals surface area contributed by atoms with Crippen molar-refractivity contribution >= 4 is 28.1 Å². The van der Waals surface area contributed by atoms with Crippen LogP contribution in [0, 0.1) is 37.3 Å². The van der Waals surface area contributed by atoms with Gasteiger partial charge in [-0.2, -0.15) is 0 Å². The number of nitrogens with zero attached hydrogens (tertiary/aromatic N) is 5. The van der Waals surface area contributed by atoms with E-state index in [-0.39, 0.29) is 11.6 Å². The molecule has 0 atom stereocenters. The molecule has 12 nitrogen and oxygen atoms in total. The summed E-state index contributed by atoms with van der Waals surface area (Å²) in [5, 5.41) is 34.7. The summed E-state index contributed by atoms with van der Waals surface area (Å²) < 4.78 is 6.81. The fourth-order valence-electron chi connectivity index (χ4n) is 3.17. The van der Waals surface area contributed by atoms with Crippen LogP contribution in [0.25, 0.3) is 28.3 Å². The molecule has 0 saturated heterocycles. The molecule has 0 unspecified atom stereocenters. The van der Waals surface area contributed by atoms with Crippen molar-refractivity contribution in [2.45, 2.75) is 6.92 Å². The Hall–Kier alpha value is -4.61. The highest BCUT2D eigenvalue weighted by Gasteiger charge is 2.34. The van der Waals surface area contributed by atoms with E-state index < -0.39 is 37.5 Å². The molecule has 150 valence electrons. The van der Waals surface area contributed by atoms with Crippen molar-refractivity contribution in [2.75, 3.05) is 0 Å². The van der Waals surface area contributed by atoms with Gasteiger partial charge >= 0.3 is 11.4 Å². The van der Waals surface area contributed by atoms with Crippen molar-refractivity contribution in [3.63, 3.8) is 0 Å². The van der Waals surface area contributed by atoms with Crippen molar-refractivity contribution in [3.8, 4) is 17.3 Å². The van der Waals surface area contributed by atoms with Gasteiger partial charge in [-0.05, 0) is 31.2 Å². The van der Waals surface area contributed by atoms with Gasteiger partial charge in [-0.3, -0.25) is 34.9 Å². The molecule has 0 radical (unpaired) electrons. The summed E-state index contributed by atoms with van der Waals surface area (Å²) in [4.78, 5) is 36.4. The molecule has 0 spiro atoms. The highest BCUT2D eigenvalue weighted by atomic mass is 16.6. The summed E-state index contributed by atoms with van der Waals surface area (Å²) in [5.41, 5.74) is -2.08. The van der Waals surface area contributed by atoms with Gasteiger partial charge in [0.15, 0.2) is 11.6 Å². The molecule has 12 heteroatoms. The molecule has 0 aliphatic heterocycles. The van der Waals surface area contributed by atoms with Crippen LogP contribution in [0.4, 0.5) is 17.1 Å². The molecule has 2 aromatic carbocycles. The number of hydrogen-bond donors (Lipinski definition) is 0. The topological polar surface area (TPSA) is 160 Å². The number of imidazole rings is 1. The Bertz CT molecular complexity index is 1320. The Balaban J connectivity index is 2.19. The number of nitro groups is 3. The minimum Gasteiger partial charge on any atom is -0.458 e. The molecular weight excluding hydrogens is 398 g/mol. The van der Waals surface area contributed by atoms with Crippen LogP contribution in [-0.4, -0.2) is 24.3 Å². The zero-order valence-electron chi connectivity index (χ0n) is 15.2. The van der Waals surface area contributed by atoms with Crippen molar-refractivity contribution in [3.05, 3.63) is 84.6 Å². The lowest BCUT2D eigenvalue weighted by Gasteiger charge is -2.09. The molecule has 2 aromatic heterocycles. The Morgan fingerprint density at radius 2 is 1.53 bits per heavy atom. The fourth-order valence-corrected chi connectivity index (χ4v) is 3.17. The number of rotatable bonds is 5. The number of aryl methyl sites for hydroxylation is 1. The van der Waals surface area contributed by atoms with Gasteiger partial charge in [0, 0.05) is 0 Å². The standard InChI is InChI=1S/C18H11N5O7/c1-10-6-7-16(30-10)18-19-12-4-2-3-5-13(12)20(18)17-14(22(26)27)8-11(21(24)25)9-15(17)23(28)29/h2-9H,1H3. The van der Waals surface area contributed by atoms with E-state index in [1.807, 2.05) is 0 Å². The second-order valence-electron chi connectivity index (χ2n) is 6.27. The highest BCUT2D eigenvalue weighted by molar-refractivity contribution is 5.86. The molecule has 4 rings (SSSR count). The number of para-hydroxylation sites is 2. The monoisotopic (exact) mass is 409 g/mol. The number of aromatic nitrogens is 2.